The van der Waals surface area contributed by atoms with Crippen LogP contribution in [0.1, 0.15) is 16.8 Å². The van der Waals surface area contributed by atoms with Gasteiger partial charge < -0.3 is 4.57 Å². The van der Waals surface area contributed by atoms with Gasteiger partial charge in [0.1, 0.15) is 0 Å². The van der Waals surface area contributed by atoms with Gasteiger partial charge >= 0.3 is 0 Å². The minimum atomic E-state index is -0.257. The normalized spacial score (nSPS) is 16.1. The molecule has 0 radical (unpaired) electrons. The van der Waals surface area contributed by atoms with Crippen molar-refractivity contribution in [3.05, 3.63) is 75.3 Å². The predicted octanol–water partition coefficient (Wildman–Crippen LogP) is 5.32. The number of carbonyl (C=O) groups excluding carboxylic acids is 2. The largest absolute Gasteiger partial charge is 0.340 e. The zero-order chi connectivity index (χ0) is 19.1. The third kappa shape index (κ3) is 3.07. The Bertz CT molecular complexity index is 1120. The maximum absolute atomic E-state index is 12.3. The monoisotopic (exact) mass is 396 g/mol. The van der Waals surface area contributed by atoms with Crippen molar-refractivity contribution in [3.63, 3.8) is 0 Å². The Kier molecular flexibility index (Phi) is 4.58. The molecule has 2 heterocycles. The molecule has 1 fully saturated rings. The topological polar surface area (TPSA) is 42.3 Å². The van der Waals surface area contributed by atoms with E-state index in [9.17, 15) is 9.59 Å². The van der Waals surface area contributed by atoms with Crippen molar-refractivity contribution in [1.29, 1.82) is 0 Å². The van der Waals surface area contributed by atoms with Crippen LogP contribution in [0.4, 0.5) is 4.79 Å². The number of halogens is 1. The van der Waals surface area contributed by atoms with Crippen LogP contribution < -0.4 is 0 Å². The number of aromatic nitrogens is 1. The van der Waals surface area contributed by atoms with E-state index in [0.717, 1.165) is 49.4 Å². The molecule has 1 aromatic heterocycles. The first-order chi connectivity index (χ1) is 13.0. The van der Waals surface area contributed by atoms with Crippen molar-refractivity contribution < 1.29 is 9.59 Å². The van der Waals surface area contributed by atoms with E-state index in [1.54, 1.807) is 0 Å². The van der Waals surface area contributed by atoms with E-state index < -0.39 is 0 Å². The van der Waals surface area contributed by atoms with Gasteiger partial charge in [0, 0.05) is 40.8 Å². The number of likely N-dealkylation sites (N-methyl/N-ethyl adjacent to an activating group) is 1. The highest BCUT2D eigenvalue weighted by atomic mass is 35.5. The molecule has 0 saturated carbocycles. The molecular formula is C21H17ClN2O2S. The highest BCUT2D eigenvalue weighted by Gasteiger charge is 2.32. The van der Waals surface area contributed by atoms with E-state index in [1.807, 2.05) is 55.5 Å². The summed E-state index contributed by atoms with van der Waals surface area (Å²) in [5, 5.41) is 1.52. The Morgan fingerprint density at radius 2 is 1.78 bits per heavy atom. The average molecular weight is 397 g/mol. The molecule has 0 N–H and O–H groups in total. The van der Waals surface area contributed by atoms with Crippen molar-refractivity contribution >= 4 is 51.5 Å². The highest BCUT2D eigenvalue weighted by molar-refractivity contribution is 8.18. The minimum absolute atomic E-state index is 0.247. The molecule has 3 aromatic rings. The van der Waals surface area contributed by atoms with Crippen LogP contribution in [0.5, 0.6) is 0 Å². The standard InChI is InChI=1S/C21H17ClN2O2S/c1-13-16(11-19-20(25)23(2)21(26)27-19)15-8-4-6-10-18(15)24(13)12-14-7-3-5-9-17(14)22/h3-11H,12H2,1-2H3/b19-11-. The fraction of sp³-hybridized carbons (Fsp3) is 0.143. The van der Waals surface area contributed by atoms with Crippen LogP contribution in [0.2, 0.25) is 5.02 Å². The lowest BCUT2D eigenvalue weighted by Crippen LogP contribution is -2.22. The smallest absolute Gasteiger partial charge is 0.293 e. The second kappa shape index (κ2) is 6.91. The van der Waals surface area contributed by atoms with Crippen LogP contribution in [0, 0.1) is 6.92 Å². The van der Waals surface area contributed by atoms with E-state index in [-0.39, 0.29) is 11.1 Å². The summed E-state index contributed by atoms with van der Waals surface area (Å²) in [5.41, 5.74) is 4.08. The molecule has 0 atom stereocenters. The van der Waals surface area contributed by atoms with Crippen LogP contribution in [-0.2, 0) is 11.3 Å². The summed E-state index contributed by atoms with van der Waals surface area (Å²) in [7, 11) is 1.51. The number of imide groups is 1. The summed E-state index contributed by atoms with van der Waals surface area (Å²) < 4.78 is 2.19. The quantitative estimate of drug-likeness (QED) is 0.563. The Labute approximate surface area is 166 Å². The predicted molar refractivity (Wildman–Crippen MR) is 111 cm³/mol. The SMILES string of the molecule is Cc1c(/C=C2\SC(=O)N(C)C2=O)c2ccccc2n1Cc1ccccc1Cl. The zero-order valence-corrected chi connectivity index (χ0v) is 16.5. The summed E-state index contributed by atoms with van der Waals surface area (Å²) in [5.74, 6) is -0.257. The lowest BCUT2D eigenvalue weighted by atomic mass is 10.1. The van der Waals surface area contributed by atoms with Crippen molar-refractivity contribution in [1.82, 2.24) is 9.47 Å². The number of hydrogen-bond acceptors (Lipinski definition) is 3. The number of nitrogens with zero attached hydrogens (tertiary/aromatic N) is 2. The molecule has 2 aromatic carbocycles. The summed E-state index contributed by atoms with van der Waals surface area (Å²) in [4.78, 5) is 25.7. The van der Waals surface area contributed by atoms with Gasteiger partial charge in [-0.3, -0.25) is 14.5 Å². The summed E-state index contributed by atoms with van der Waals surface area (Å²) >= 11 is 7.33. The molecule has 27 heavy (non-hydrogen) atoms. The summed E-state index contributed by atoms with van der Waals surface area (Å²) in [6.07, 6.45) is 1.83. The van der Waals surface area contributed by atoms with E-state index >= 15 is 0 Å². The molecule has 2 amide bonds. The summed E-state index contributed by atoms with van der Waals surface area (Å²) in [6.45, 7) is 2.66. The van der Waals surface area contributed by atoms with Gasteiger partial charge in [0.15, 0.2) is 0 Å². The second-order valence-electron chi connectivity index (χ2n) is 6.43. The lowest BCUT2D eigenvalue weighted by molar-refractivity contribution is -0.121. The van der Waals surface area contributed by atoms with Crippen LogP contribution >= 0.6 is 23.4 Å². The fourth-order valence-corrected chi connectivity index (χ4v) is 4.32. The number of para-hydroxylation sites is 1. The van der Waals surface area contributed by atoms with Crippen molar-refractivity contribution in [3.8, 4) is 0 Å². The molecule has 0 unspecified atom stereocenters. The number of thioether (sulfide) groups is 1. The number of carbonyl (C=O) groups is 2. The highest BCUT2D eigenvalue weighted by Crippen LogP contribution is 2.35. The molecule has 1 aliphatic heterocycles. The molecule has 4 nitrogen and oxygen atoms in total. The van der Waals surface area contributed by atoms with E-state index in [1.165, 1.54) is 7.05 Å². The second-order valence-corrected chi connectivity index (χ2v) is 7.83. The van der Waals surface area contributed by atoms with Crippen LogP contribution in [0.3, 0.4) is 0 Å². The molecule has 4 rings (SSSR count). The van der Waals surface area contributed by atoms with Crippen molar-refractivity contribution in [2.45, 2.75) is 13.5 Å². The van der Waals surface area contributed by atoms with Crippen molar-refractivity contribution in [2.24, 2.45) is 0 Å². The van der Waals surface area contributed by atoms with Gasteiger partial charge in [-0.05, 0) is 42.5 Å². The maximum atomic E-state index is 12.3. The van der Waals surface area contributed by atoms with Crippen LogP contribution in [0.25, 0.3) is 17.0 Å². The van der Waals surface area contributed by atoms with Crippen LogP contribution in [-0.4, -0.2) is 27.7 Å². The third-order valence-electron chi connectivity index (χ3n) is 4.83. The molecule has 1 saturated heterocycles. The molecule has 1 aliphatic rings. The molecular weight excluding hydrogens is 380 g/mol. The first-order valence-electron chi connectivity index (χ1n) is 8.50. The van der Waals surface area contributed by atoms with E-state index in [0.29, 0.717) is 11.4 Å². The van der Waals surface area contributed by atoms with E-state index in [4.69, 9.17) is 11.6 Å². The number of benzene rings is 2. The molecule has 6 heteroatoms. The number of hydrogen-bond donors (Lipinski definition) is 0. The van der Waals surface area contributed by atoms with Gasteiger partial charge in [-0.1, -0.05) is 48.0 Å². The van der Waals surface area contributed by atoms with Gasteiger partial charge in [-0.25, -0.2) is 0 Å². The van der Waals surface area contributed by atoms with Gasteiger partial charge in [0.2, 0.25) is 0 Å². The van der Waals surface area contributed by atoms with Crippen molar-refractivity contribution in [2.75, 3.05) is 7.05 Å². The molecule has 0 aliphatic carbocycles. The Hall–Kier alpha value is -2.50. The first-order valence-corrected chi connectivity index (χ1v) is 9.69. The minimum Gasteiger partial charge on any atom is -0.340 e. The van der Waals surface area contributed by atoms with E-state index in [2.05, 4.69) is 10.6 Å². The maximum Gasteiger partial charge on any atom is 0.293 e. The average Bonchev–Trinajstić information content (AvgIpc) is 3.07. The number of fused-ring (bicyclic) bond motifs is 1. The first kappa shape index (κ1) is 17.9. The van der Waals surface area contributed by atoms with Gasteiger partial charge in [0.05, 0.1) is 4.91 Å². The molecule has 136 valence electrons. The Morgan fingerprint density at radius 3 is 2.48 bits per heavy atom. The summed E-state index contributed by atoms with van der Waals surface area (Å²) in [6, 6.07) is 15.8. The molecule has 0 spiro atoms. The number of amides is 2. The fourth-order valence-electron chi connectivity index (χ4n) is 3.32. The Morgan fingerprint density at radius 1 is 1.07 bits per heavy atom. The van der Waals surface area contributed by atoms with Gasteiger partial charge in [0.25, 0.3) is 11.1 Å². The van der Waals surface area contributed by atoms with Gasteiger partial charge in [-0.2, -0.15) is 0 Å². The zero-order valence-electron chi connectivity index (χ0n) is 14.9. The van der Waals surface area contributed by atoms with Crippen LogP contribution in [0.15, 0.2) is 53.4 Å². The third-order valence-corrected chi connectivity index (χ3v) is 6.16. The Balaban J connectivity index is 1.86. The number of rotatable bonds is 3. The van der Waals surface area contributed by atoms with Gasteiger partial charge in [-0.15, -0.1) is 0 Å². The molecule has 0 bridgehead atoms. The lowest BCUT2D eigenvalue weighted by Gasteiger charge is -2.10.